The number of halogens is 2. The van der Waals surface area contributed by atoms with Gasteiger partial charge in [0.05, 0.1) is 6.61 Å². The van der Waals surface area contributed by atoms with E-state index in [0.29, 0.717) is 23.1 Å². The van der Waals surface area contributed by atoms with Crippen LogP contribution in [0.3, 0.4) is 0 Å². The van der Waals surface area contributed by atoms with Crippen molar-refractivity contribution >= 4 is 16.8 Å². The van der Waals surface area contributed by atoms with Gasteiger partial charge in [0.2, 0.25) is 0 Å². The van der Waals surface area contributed by atoms with Crippen LogP contribution < -0.4 is 4.74 Å². The molecule has 1 aromatic heterocycles. The Bertz CT molecular complexity index is 725. The molecule has 1 aromatic carbocycles. The molecule has 0 aliphatic heterocycles. The monoisotopic (exact) mass is 324 g/mol. The van der Waals surface area contributed by atoms with Gasteiger partial charge in [-0.1, -0.05) is 6.07 Å². The number of aliphatic hydroxyl groups is 1. The lowest BCUT2D eigenvalue weighted by atomic mass is 10.1. The summed E-state index contributed by atoms with van der Waals surface area (Å²) in [5, 5.41) is 9.80. The number of rotatable bonds is 6. The number of hydrogen-bond donors (Lipinski definition) is 2. The lowest BCUT2D eigenvalue weighted by Crippen LogP contribution is -2.34. The van der Waals surface area contributed by atoms with Crippen molar-refractivity contribution < 1.29 is 23.4 Å². The summed E-state index contributed by atoms with van der Waals surface area (Å²) in [6.45, 7) is -2.39. The van der Waals surface area contributed by atoms with E-state index >= 15 is 0 Å². The molecule has 2 aromatic rings. The molecule has 1 amide bonds. The van der Waals surface area contributed by atoms with Crippen molar-refractivity contribution in [1.82, 2.24) is 9.88 Å². The van der Waals surface area contributed by atoms with Crippen molar-refractivity contribution in [2.75, 3.05) is 20.2 Å². The number of alkyl halides is 2. The molecule has 0 atom stereocenters. The summed E-state index contributed by atoms with van der Waals surface area (Å²) in [7, 11) is 1.67. The summed E-state index contributed by atoms with van der Waals surface area (Å²) in [5.74, 6) is -0.214. The van der Waals surface area contributed by atoms with Gasteiger partial charge in [-0.2, -0.15) is 8.78 Å². The van der Waals surface area contributed by atoms with Gasteiger partial charge < -0.3 is 19.7 Å². The van der Waals surface area contributed by atoms with E-state index in [2.05, 4.69) is 9.72 Å². The summed E-state index contributed by atoms with van der Waals surface area (Å²) < 4.78 is 29.4. The lowest BCUT2D eigenvalue weighted by Gasteiger charge is -2.21. The van der Waals surface area contributed by atoms with Crippen LogP contribution >= 0.6 is 0 Å². The number of nitrogens with zero attached hydrogens (tertiary/aromatic N) is 1. The number of aromatic nitrogens is 1. The number of benzene rings is 1. The smallest absolute Gasteiger partial charge is 0.387 e. The average Bonchev–Trinajstić information content (AvgIpc) is 3.14. The first kappa shape index (κ1) is 15.7. The summed E-state index contributed by atoms with van der Waals surface area (Å²) in [6, 6.07) is 6.23. The number of H-pyrrole nitrogens is 1. The van der Waals surface area contributed by atoms with E-state index in [4.69, 9.17) is 0 Å². The molecule has 124 valence electrons. The topological polar surface area (TPSA) is 65.6 Å². The van der Waals surface area contributed by atoms with Gasteiger partial charge in [0.1, 0.15) is 11.4 Å². The normalized spacial score (nSPS) is 15.9. The third-order valence-electron chi connectivity index (χ3n) is 4.28. The second-order valence-corrected chi connectivity index (χ2v) is 6.10. The minimum Gasteiger partial charge on any atom is -0.434 e. The van der Waals surface area contributed by atoms with Crippen molar-refractivity contribution in [3.8, 4) is 5.75 Å². The Labute approximate surface area is 131 Å². The number of aliphatic hydroxyl groups excluding tert-OH is 1. The second kappa shape index (κ2) is 5.81. The maximum atomic E-state index is 12.5. The highest BCUT2D eigenvalue weighted by Gasteiger charge is 2.43. The Morgan fingerprint density at radius 2 is 2.22 bits per heavy atom. The van der Waals surface area contributed by atoms with Crippen molar-refractivity contribution in [3.05, 3.63) is 30.0 Å². The zero-order valence-electron chi connectivity index (χ0n) is 12.7. The molecule has 1 saturated carbocycles. The van der Waals surface area contributed by atoms with E-state index < -0.39 is 6.61 Å². The van der Waals surface area contributed by atoms with Gasteiger partial charge in [-0.25, -0.2) is 0 Å². The van der Waals surface area contributed by atoms with E-state index in [0.717, 1.165) is 12.8 Å². The average molecular weight is 324 g/mol. The van der Waals surface area contributed by atoms with Crippen LogP contribution in [-0.2, 0) is 0 Å². The quantitative estimate of drug-likeness (QED) is 0.858. The van der Waals surface area contributed by atoms with Crippen LogP contribution in [0.1, 0.15) is 23.3 Å². The first-order valence-corrected chi connectivity index (χ1v) is 7.37. The number of carbonyl (C=O) groups excluding carboxylic acids is 1. The molecule has 0 unspecified atom stereocenters. The summed E-state index contributed by atoms with van der Waals surface area (Å²) in [5.41, 5.74) is 0.685. The van der Waals surface area contributed by atoms with Gasteiger partial charge in [-0.15, -0.1) is 0 Å². The maximum absolute atomic E-state index is 12.5. The van der Waals surface area contributed by atoms with E-state index in [-0.39, 0.29) is 23.7 Å². The Balaban J connectivity index is 1.83. The zero-order valence-corrected chi connectivity index (χ0v) is 12.7. The molecule has 2 N–H and O–H groups in total. The number of amides is 1. The second-order valence-electron chi connectivity index (χ2n) is 6.10. The fourth-order valence-corrected chi connectivity index (χ4v) is 2.76. The Hall–Kier alpha value is -2.15. The van der Waals surface area contributed by atoms with Crippen LogP contribution in [0.5, 0.6) is 5.75 Å². The lowest BCUT2D eigenvalue weighted by molar-refractivity contribution is -0.0487. The van der Waals surface area contributed by atoms with Crippen LogP contribution in [-0.4, -0.2) is 47.7 Å². The first-order chi connectivity index (χ1) is 10.9. The predicted molar refractivity (Wildman–Crippen MR) is 80.6 cm³/mol. The minimum atomic E-state index is -2.92. The van der Waals surface area contributed by atoms with E-state index in [1.807, 2.05) is 0 Å². The third-order valence-corrected chi connectivity index (χ3v) is 4.28. The van der Waals surface area contributed by atoms with Gasteiger partial charge >= 0.3 is 6.61 Å². The number of aromatic amines is 1. The highest BCUT2D eigenvalue weighted by molar-refractivity contribution is 5.99. The number of fused-ring (bicyclic) bond motifs is 1. The predicted octanol–water partition coefficient (Wildman–Crippen LogP) is 2.61. The van der Waals surface area contributed by atoms with Gasteiger partial charge in [-0.3, -0.25) is 4.79 Å². The van der Waals surface area contributed by atoms with E-state index in [1.165, 1.54) is 12.1 Å². The Morgan fingerprint density at radius 1 is 1.48 bits per heavy atom. The van der Waals surface area contributed by atoms with Crippen molar-refractivity contribution in [3.63, 3.8) is 0 Å². The summed E-state index contributed by atoms with van der Waals surface area (Å²) in [6.07, 6.45) is 1.81. The van der Waals surface area contributed by atoms with Gasteiger partial charge in [0.15, 0.2) is 0 Å². The van der Waals surface area contributed by atoms with Crippen LogP contribution in [0, 0.1) is 5.41 Å². The zero-order chi connectivity index (χ0) is 16.6. The van der Waals surface area contributed by atoms with Crippen LogP contribution in [0.25, 0.3) is 10.9 Å². The van der Waals surface area contributed by atoms with Crippen molar-refractivity contribution in [2.24, 2.45) is 5.41 Å². The number of nitrogens with one attached hydrogen (secondary N) is 1. The number of hydrogen-bond acceptors (Lipinski definition) is 3. The molecule has 5 nitrogen and oxygen atoms in total. The molecule has 7 heteroatoms. The molecule has 1 fully saturated rings. The molecule has 0 saturated heterocycles. The molecule has 23 heavy (non-hydrogen) atoms. The Kier molecular flexibility index (Phi) is 3.97. The third kappa shape index (κ3) is 3.14. The molecule has 0 spiro atoms. The maximum Gasteiger partial charge on any atom is 0.387 e. The number of carbonyl (C=O) groups is 1. The molecular weight excluding hydrogens is 306 g/mol. The van der Waals surface area contributed by atoms with Crippen LogP contribution in [0.15, 0.2) is 24.3 Å². The minimum absolute atomic E-state index is 0.0319. The van der Waals surface area contributed by atoms with Gasteiger partial charge in [0.25, 0.3) is 5.91 Å². The van der Waals surface area contributed by atoms with Gasteiger partial charge in [0, 0.05) is 29.9 Å². The molecule has 1 aliphatic carbocycles. The van der Waals surface area contributed by atoms with Crippen LogP contribution in [0.4, 0.5) is 8.78 Å². The molecule has 1 aliphatic rings. The molecular formula is C16H18F2N2O3. The fourth-order valence-electron chi connectivity index (χ4n) is 2.76. The number of ether oxygens (including phenoxy) is 1. The summed E-state index contributed by atoms with van der Waals surface area (Å²) in [4.78, 5) is 17.0. The first-order valence-electron chi connectivity index (χ1n) is 7.37. The van der Waals surface area contributed by atoms with Gasteiger partial charge in [-0.05, 0) is 31.0 Å². The highest BCUT2D eigenvalue weighted by atomic mass is 19.3. The Morgan fingerprint density at radius 3 is 2.83 bits per heavy atom. The van der Waals surface area contributed by atoms with E-state index in [9.17, 15) is 18.7 Å². The van der Waals surface area contributed by atoms with Crippen molar-refractivity contribution in [2.45, 2.75) is 19.5 Å². The molecule has 0 radical (unpaired) electrons. The molecule has 1 heterocycles. The largest absolute Gasteiger partial charge is 0.434 e. The summed E-state index contributed by atoms with van der Waals surface area (Å²) >= 11 is 0. The fraction of sp³-hybridized carbons (Fsp3) is 0.438. The molecule has 0 bridgehead atoms. The molecule has 3 rings (SSSR count). The highest BCUT2D eigenvalue weighted by Crippen LogP contribution is 2.45. The van der Waals surface area contributed by atoms with Crippen molar-refractivity contribution in [1.29, 1.82) is 0 Å². The van der Waals surface area contributed by atoms with Crippen LogP contribution in [0.2, 0.25) is 0 Å². The van der Waals surface area contributed by atoms with E-state index in [1.54, 1.807) is 24.1 Å². The SMILES string of the molecule is CN(CC1(CO)CC1)C(=O)c1cc2c(OC(F)F)cccc2[nH]1. The standard InChI is InChI=1S/C16H18F2N2O3/c1-20(8-16(9-21)5-6-16)14(22)12-7-10-11(19-12)3-2-4-13(10)23-15(17)18/h2-4,7,15,19,21H,5-6,8-9H2,1H3.